The van der Waals surface area contributed by atoms with Gasteiger partial charge in [0.2, 0.25) is 0 Å². The van der Waals surface area contributed by atoms with Crippen LogP contribution in [0.3, 0.4) is 0 Å². The Morgan fingerprint density at radius 3 is 2.69 bits per heavy atom. The Hall–Kier alpha value is -1.00. The van der Waals surface area contributed by atoms with Crippen LogP contribution in [0.2, 0.25) is 5.22 Å². The van der Waals surface area contributed by atoms with Crippen molar-refractivity contribution in [3.05, 3.63) is 23.1 Å². The molecule has 1 fully saturated rings. The first-order valence-electron chi connectivity index (χ1n) is 5.43. The quantitative estimate of drug-likeness (QED) is 0.851. The van der Waals surface area contributed by atoms with E-state index in [1.54, 1.807) is 12.1 Å². The maximum Gasteiger partial charge on any atom is 0.287 e. The van der Waals surface area contributed by atoms with Gasteiger partial charge in [-0.25, -0.2) is 0 Å². The minimum atomic E-state index is -0.254. The summed E-state index contributed by atoms with van der Waals surface area (Å²) in [7, 11) is 0. The molecule has 1 amide bonds. The highest BCUT2D eigenvalue weighted by molar-refractivity contribution is 6.29. The lowest BCUT2D eigenvalue weighted by Gasteiger charge is -2.28. The lowest BCUT2D eigenvalue weighted by Crippen LogP contribution is -2.51. The van der Waals surface area contributed by atoms with E-state index in [1.165, 1.54) is 0 Å². The molecule has 16 heavy (non-hydrogen) atoms. The second-order valence-electron chi connectivity index (χ2n) is 4.25. The van der Waals surface area contributed by atoms with Crippen LogP contribution in [-0.4, -0.2) is 18.0 Å². The minimum Gasteiger partial charge on any atom is -0.440 e. The van der Waals surface area contributed by atoms with Crippen LogP contribution >= 0.6 is 11.6 Å². The predicted octanol–water partition coefficient (Wildman–Crippen LogP) is 1.93. The zero-order valence-corrected chi connectivity index (χ0v) is 9.72. The second kappa shape index (κ2) is 4.47. The highest BCUT2D eigenvalue weighted by Crippen LogP contribution is 2.29. The molecule has 0 radical (unpaired) electrons. The summed E-state index contributed by atoms with van der Waals surface area (Å²) in [6, 6.07) is 3.12. The van der Waals surface area contributed by atoms with Crippen LogP contribution in [0.4, 0.5) is 0 Å². The van der Waals surface area contributed by atoms with Crippen molar-refractivity contribution in [1.82, 2.24) is 5.32 Å². The van der Waals surface area contributed by atoms with E-state index in [4.69, 9.17) is 21.8 Å². The van der Waals surface area contributed by atoms with Gasteiger partial charge in [-0.1, -0.05) is 12.8 Å². The number of carbonyl (C=O) groups is 1. The van der Waals surface area contributed by atoms with Crippen molar-refractivity contribution in [3.63, 3.8) is 0 Å². The number of nitrogens with one attached hydrogen (secondary N) is 1. The Morgan fingerprint density at radius 1 is 1.50 bits per heavy atom. The van der Waals surface area contributed by atoms with Gasteiger partial charge in [-0.3, -0.25) is 4.79 Å². The summed E-state index contributed by atoms with van der Waals surface area (Å²) >= 11 is 5.62. The van der Waals surface area contributed by atoms with Gasteiger partial charge in [0.25, 0.3) is 5.91 Å². The molecule has 88 valence electrons. The number of hydrogen-bond acceptors (Lipinski definition) is 3. The molecule has 0 saturated heterocycles. The predicted molar refractivity (Wildman–Crippen MR) is 61.4 cm³/mol. The second-order valence-corrected chi connectivity index (χ2v) is 4.62. The van der Waals surface area contributed by atoms with Gasteiger partial charge in [0.1, 0.15) is 0 Å². The van der Waals surface area contributed by atoms with E-state index in [0.717, 1.165) is 25.7 Å². The highest BCUT2D eigenvalue weighted by atomic mass is 35.5. The minimum absolute atomic E-state index is 0.221. The van der Waals surface area contributed by atoms with E-state index in [-0.39, 0.29) is 22.4 Å². The first-order chi connectivity index (χ1) is 7.65. The van der Waals surface area contributed by atoms with Crippen LogP contribution in [0, 0.1) is 0 Å². The zero-order chi connectivity index (χ0) is 11.6. The highest BCUT2D eigenvalue weighted by Gasteiger charge is 2.34. The van der Waals surface area contributed by atoms with Gasteiger partial charge in [-0.2, -0.15) is 0 Å². The third-order valence-electron chi connectivity index (χ3n) is 3.13. The van der Waals surface area contributed by atoms with Gasteiger partial charge in [0.05, 0.1) is 5.54 Å². The standard InChI is InChI=1S/C11H15ClN2O2/c12-9-4-3-8(16-9)10(15)14-11(7-13)5-1-2-6-11/h3-4H,1-2,5-7,13H2,(H,14,15). The number of furan rings is 1. The molecule has 0 atom stereocenters. The van der Waals surface area contributed by atoms with E-state index >= 15 is 0 Å². The smallest absolute Gasteiger partial charge is 0.287 e. The van der Waals surface area contributed by atoms with E-state index in [9.17, 15) is 4.79 Å². The summed E-state index contributed by atoms with van der Waals surface area (Å²) in [4.78, 5) is 11.9. The van der Waals surface area contributed by atoms with Crippen LogP contribution in [0.25, 0.3) is 0 Å². The van der Waals surface area contributed by atoms with Crippen LogP contribution in [0.1, 0.15) is 36.2 Å². The monoisotopic (exact) mass is 242 g/mol. The molecule has 2 rings (SSSR count). The van der Waals surface area contributed by atoms with Crippen molar-refractivity contribution in [1.29, 1.82) is 0 Å². The molecule has 0 unspecified atom stereocenters. The number of halogens is 1. The van der Waals surface area contributed by atoms with Gasteiger partial charge in [-0.15, -0.1) is 0 Å². The lowest BCUT2D eigenvalue weighted by atomic mass is 9.98. The average Bonchev–Trinajstić information content (AvgIpc) is 2.88. The third kappa shape index (κ3) is 2.23. The Bertz CT molecular complexity index is 383. The fraction of sp³-hybridized carbons (Fsp3) is 0.545. The SMILES string of the molecule is NCC1(NC(=O)c2ccc(Cl)o2)CCCC1. The molecule has 1 aliphatic carbocycles. The maximum absolute atomic E-state index is 11.9. The van der Waals surface area contributed by atoms with Crippen molar-refractivity contribution >= 4 is 17.5 Å². The van der Waals surface area contributed by atoms with E-state index in [0.29, 0.717) is 6.54 Å². The normalized spacial score (nSPS) is 18.6. The number of hydrogen-bond donors (Lipinski definition) is 2. The number of amides is 1. The van der Waals surface area contributed by atoms with Crippen molar-refractivity contribution in [2.45, 2.75) is 31.2 Å². The van der Waals surface area contributed by atoms with Crippen molar-refractivity contribution < 1.29 is 9.21 Å². The summed E-state index contributed by atoms with van der Waals surface area (Å²) in [5.41, 5.74) is 5.48. The number of nitrogens with two attached hydrogens (primary N) is 1. The Morgan fingerprint density at radius 2 is 2.19 bits per heavy atom. The van der Waals surface area contributed by atoms with Gasteiger partial charge < -0.3 is 15.5 Å². The zero-order valence-electron chi connectivity index (χ0n) is 8.96. The fourth-order valence-electron chi connectivity index (χ4n) is 2.17. The van der Waals surface area contributed by atoms with Crippen molar-refractivity contribution in [2.24, 2.45) is 5.73 Å². The van der Waals surface area contributed by atoms with Crippen LogP contribution in [0.5, 0.6) is 0 Å². The van der Waals surface area contributed by atoms with Crippen molar-refractivity contribution in [2.75, 3.05) is 6.54 Å². The van der Waals surface area contributed by atoms with E-state index < -0.39 is 0 Å². The molecule has 0 bridgehead atoms. The van der Waals surface area contributed by atoms with Gasteiger partial charge in [0, 0.05) is 6.54 Å². The molecule has 3 N–H and O–H groups in total. The number of rotatable bonds is 3. The third-order valence-corrected chi connectivity index (χ3v) is 3.33. The van der Waals surface area contributed by atoms with E-state index in [1.807, 2.05) is 0 Å². The summed E-state index contributed by atoms with van der Waals surface area (Å²) in [5, 5.41) is 3.18. The molecule has 1 heterocycles. The first kappa shape index (κ1) is 11.5. The fourth-order valence-corrected chi connectivity index (χ4v) is 2.32. The molecule has 1 aliphatic rings. The van der Waals surface area contributed by atoms with Gasteiger partial charge >= 0.3 is 0 Å². The largest absolute Gasteiger partial charge is 0.440 e. The molecule has 0 aromatic carbocycles. The maximum atomic E-state index is 11.9. The Balaban J connectivity index is 2.06. The summed E-state index contributed by atoms with van der Waals surface area (Å²) in [6.07, 6.45) is 4.08. The van der Waals surface area contributed by atoms with Gasteiger partial charge in [-0.05, 0) is 36.6 Å². The van der Waals surface area contributed by atoms with Crippen molar-refractivity contribution in [3.8, 4) is 0 Å². The van der Waals surface area contributed by atoms with Crippen LogP contribution < -0.4 is 11.1 Å². The first-order valence-corrected chi connectivity index (χ1v) is 5.81. The molecule has 5 heteroatoms. The molecule has 4 nitrogen and oxygen atoms in total. The molecule has 1 aromatic rings. The Labute approximate surface area is 99.1 Å². The molecule has 1 saturated carbocycles. The summed E-state index contributed by atoms with van der Waals surface area (Å²) in [5.74, 6) is 0.00368. The topological polar surface area (TPSA) is 68.3 Å². The van der Waals surface area contributed by atoms with E-state index in [2.05, 4.69) is 5.32 Å². The van der Waals surface area contributed by atoms with Crippen LogP contribution in [0.15, 0.2) is 16.5 Å². The average molecular weight is 243 g/mol. The molecule has 0 aliphatic heterocycles. The summed E-state index contributed by atoms with van der Waals surface area (Å²) in [6.45, 7) is 0.465. The van der Waals surface area contributed by atoms with Gasteiger partial charge in [0.15, 0.2) is 11.0 Å². The molecular weight excluding hydrogens is 228 g/mol. The Kier molecular flexibility index (Phi) is 3.21. The molecular formula is C11H15ClN2O2. The van der Waals surface area contributed by atoms with Crippen LogP contribution in [-0.2, 0) is 0 Å². The molecule has 0 spiro atoms. The lowest BCUT2D eigenvalue weighted by molar-refractivity contribution is 0.0874. The molecule has 1 aromatic heterocycles. The number of carbonyl (C=O) groups excluding carboxylic acids is 1. The summed E-state index contributed by atoms with van der Waals surface area (Å²) < 4.78 is 5.06.